The van der Waals surface area contributed by atoms with Gasteiger partial charge in [0.15, 0.2) is 0 Å². The van der Waals surface area contributed by atoms with Crippen LogP contribution in [0.2, 0.25) is 0 Å². The molecule has 2 aromatic rings. The zero-order chi connectivity index (χ0) is 19.7. The van der Waals surface area contributed by atoms with E-state index in [-0.39, 0.29) is 12.0 Å². The Balaban J connectivity index is 1.98. The third kappa shape index (κ3) is 6.36. The number of aliphatic carboxylic acids is 1. The number of hydrogen-bond acceptors (Lipinski definition) is 5. The second-order valence-corrected chi connectivity index (χ2v) is 6.53. The number of nitrogens with zero attached hydrogens (tertiary/aromatic N) is 1. The van der Waals surface area contributed by atoms with Crippen LogP contribution in [0.3, 0.4) is 0 Å². The molecule has 6 nitrogen and oxygen atoms in total. The van der Waals surface area contributed by atoms with Gasteiger partial charge in [-0.15, -0.1) is 0 Å². The fraction of sp³-hybridized carbons (Fsp3) is 0.381. The summed E-state index contributed by atoms with van der Waals surface area (Å²) in [7, 11) is 1.63. The topological polar surface area (TPSA) is 90.2 Å². The van der Waals surface area contributed by atoms with Crippen LogP contribution >= 0.6 is 0 Å². The molecule has 0 bridgehead atoms. The summed E-state index contributed by atoms with van der Waals surface area (Å²) in [6, 6.07) is 16.4. The molecule has 6 heteroatoms. The molecule has 0 amide bonds. The Kier molecular flexibility index (Phi) is 7.79. The van der Waals surface area contributed by atoms with Gasteiger partial charge in [-0.25, -0.2) is 4.90 Å². The molecule has 3 N–H and O–H groups in total. The first-order valence-electron chi connectivity index (χ1n) is 9.05. The number of rotatable bonds is 11. The highest BCUT2D eigenvalue weighted by Crippen LogP contribution is 2.31. The monoisotopic (exact) mass is 373 g/mol. The molecule has 0 spiro atoms. The second kappa shape index (κ2) is 10.1. The van der Waals surface area contributed by atoms with Crippen molar-refractivity contribution >= 4 is 5.97 Å². The van der Waals surface area contributed by atoms with Gasteiger partial charge in [0, 0.05) is 13.0 Å². The summed E-state index contributed by atoms with van der Waals surface area (Å²) in [5.41, 5.74) is 1.23. The van der Waals surface area contributed by atoms with Crippen LogP contribution in [0, 0.1) is 0 Å². The first-order valence-corrected chi connectivity index (χ1v) is 9.05. The minimum Gasteiger partial charge on any atom is -0.493 e. The SMILES string of the molecule is CN(Cc1ccccc1)C(O)(O)c1ccccc1OCCCCCC(=O)O. The van der Waals surface area contributed by atoms with Crippen LogP contribution in [0.15, 0.2) is 54.6 Å². The molecule has 2 aromatic carbocycles. The minimum absolute atomic E-state index is 0.150. The molecule has 0 saturated heterocycles. The zero-order valence-corrected chi connectivity index (χ0v) is 15.5. The first-order chi connectivity index (χ1) is 12.9. The molecule has 27 heavy (non-hydrogen) atoms. The van der Waals surface area contributed by atoms with E-state index in [1.165, 1.54) is 4.90 Å². The van der Waals surface area contributed by atoms with Gasteiger partial charge in [0.05, 0.1) is 12.2 Å². The van der Waals surface area contributed by atoms with Crippen molar-refractivity contribution in [3.63, 3.8) is 0 Å². The van der Waals surface area contributed by atoms with Crippen LogP contribution in [0.1, 0.15) is 36.8 Å². The maximum Gasteiger partial charge on any atom is 0.303 e. The molecule has 0 aliphatic heterocycles. The van der Waals surface area contributed by atoms with E-state index in [1.807, 2.05) is 30.3 Å². The molecule has 0 aliphatic rings. The minimum atomic E-state index is -2.18. The quantitative estimate of drug-likeness (QED) is 0.414. The highest BCUT2D eigenvalue weighted by molar-refractivity contribution is 5.66. The maximum absolute atomic E-state index is 10.7. The van der Waals surface area contributed by atoms with Crippen LogP contribution in [-0.2, 0) is 17.3 Å². The second-order valence-electron chi connectivity index (χ2n) is 6.53. The van der Waals surface area contributed by atoms with Crippen LogP contribution in [0.5, 0.6) is 5.75 Å². The van der Waals surface area contributed by atoms with Gasteiger partial charge in [0.25, 0.3) is 5.91 Å². The number of hydrogen-bond donors (Lipinski definition) is 3. The first kappa shape index (κ1) is 20.9. The lowest BCUT2D eigenvalue weighted by molar-refractivity contribution is -0.271. The van der Waals surface area contributed by atoms with E-state index in [1.54, 1.807) is 31.3 Å². The van der Waals surface area contributed by atoms with Crippen LogP contribution < -0.4 is 4.74 Å². The average molecular weight is 373 g/mol. The zero-order valence-electron chi connectivity index (χ0n) is 15.5. The van der Waals surface area contributed by atoms with Gasteiger partial charge >= 0.3 is 5.97 Å². The van der Waals surface area contributed by atoms with Gasteiger partial charge in [-0.2, -0.15) is 0 Å². The molecular formula is C21H27NO5. The lowest BCUT2D eigenvalue weighted by Gasteiger charge is -2.33. The normalized spacial score (nSPS) is 11.6. The number of carboxylic acid groups (broad SMARTS) is 1. The third-order valence-electron chi connectivity index (χ3n) is 4.34. The van der Waals surface area contributed by atoms with E-state index in [0.29, 0.717) is 31.7 Å². The molecular weight excluding hydrogens is 346 g/mol. The number of benzene rings is 2. The molecule has 0 unspecified atom stereocenters. The highest BCUT2D eigenvalue weighted by atomic mass is 16.5. The molecule has 0 aliphatic carbocycles. The Morgan fingerprint density at radius 2 is 1.67 bits per heavy atom. The van der Waals surface area contributed by atoms with Gasteiger partial charge in [0.1, 0.15) is 5.75 Å². The van der Waals surface area contributed by atoms with Crippen LogP contribution in [-0.4, -0.2) is 39.8 Å². The van der Waals surface area contributed by atoms with Crippen molar-refractivity contribution in [2.24, 2.45) is 0 Å². The molecule has 0 atom stereocenters. The summed E-state index contributed by atoms with van der Waals surface area (Å²) in [5.74, 6) is -2.58. The summed E-state index contributed by atoms with van der Waals surface area (Å²) in [6.45, 7) is 0.743. The summed E-state index contributed by atoms with van der Waals surface area (Å²) < 4.78 is 5.74. The van der Waals surface area contributed by atoms with E-state index in [9.17, 15) is 15.0 Å². The van der Waals surface area contributed by atoms with Crippen molar-refractivity contribution in [3.05, 3.63) is 65.7 Å². The van der Waals surface area contributed by atoms with Crippen molar-refractivity contribution in [2.45, 2.75) is 38.1 Å². The van der Waals surface area contributed by atoms with Gasteiger partial charge in [-0.1, -0.05) is 42.5 Å². The summed E-state index contributed by atoms with van der Waals surface area (Å²) in [4.78, 5) is 12.0. The number of aliphatic hydroxyl groups is 2. The van der Waals surface area contributed by atoms with Crippen LogP contribution in [0.4, 0.5) is 0 Å². The molecule has 0 heterocycles. The number of ether oxygens (including phenoxy) is 1. The largest absolute Gasteiger partial charge is 0.493 e. The average Bonchev–Trinajstić information content (AvgIpc) is 2.65. The van der Waals surface area contributed by atoms with Crippen molar-refractivity contribution in [1.29, 1.82) is 0 Å². The Morgan fingerprint density at radius 1 is 1.00 bits per heavy atom. The van der Waals surface area contributed by atoms with Gasteiger partial charge in [0.2, 0.25) is 0 Å². The summed E-state index contributed by atoms with van der Waals surface area (Å²) in [5, 5.41) is 30.1. The molecule has 0 saturated carbocycles. The van der Waals surface area contributed by atoms with Gasteiger partial charge in [-0.05, 0) is 44.0 Å². The van der Waals surface area contributed by atoms with Crippen molar-refractivity contribution in [1.82, 2.24) is 4.90 Å². The Bertz CT molecular complexity index is 718. The van der Waals surface area contributed by atoms with E-state index in [2.05, 4.69) is 0 Å². The van der Waals surface area contributed by atoms with E-state index >= 15 is 0 Å². The number of para-hydroxylation sites is 1. The fourth-order valence-corrected chi connectivity index (χ4v) is 2.78. The maximum atomic E-state index is 10.7. The van der Waals surface area contributed by atoms with E-state index < -0.39 is 11.9 Å². The Morgan fingerprint density at radius 3 is 2.37 bits per heavy atom. The smallest absolute Gasteiger partial charge is 0.303 e. The molecule has 0 radical (unpaired) electrons. The predicted molar refractivity (Wildman–Crippen MR) is 102 cm³/mol. The van der Waals surface area contributed by atoms with Gasteiger partial charge < -0.3 is 20.1 Å². The lowest BCUT2D eigenvalue weighted by atomic mass is 10.1. The lowest BCUT2D eigenvalue weighted by Crippen LogP contribution is -2.43. The van der Waals surface area contributed by atoms with Crippen molar-refractivity contribution in [2.75, 3.05) is 13.7 Å². The molecule has 0 fully saturated rings. The van der Waals surface area contributed by atoms with E-state index in [4.69, 9.17) is 9.84 Å². The third-order valence-corrected chi connectivity index (χ3v) is 4.34. The van der Waals surface area contributed by atoms with Gasteiger partial charge in [-0.3, -0.25) is 4.79 Å². The highest BCUT2D eigenvalue weighted by Gasteiger charge is 2.34. The molecule has 0 aromatic heterocycles. The van der Waals surface area contributed by atoms with Crippen molar-refractivity contribution < 1.29 is 24.9 Å². The predicted octanol–water partition coefficient (Wildman–Crippen LogP) is 2.94. The van der Waals surface area contributed by atoms with Crippen molar-refractivity contribution in [3.8, 4) is 5.75 Å². The fourth-order valence-electron chi connectivity index (χ4n) is 2.78. The molecule has 2 rings (SSSR count). The summed E-state index contributed by atoms with van der Waals surface area (Å²) >= 11 is 0. The van der Waals surface area contributed by atoms with E-state index in [0.717, 1.165) is 12.0 Å². The standard InChI is InChI=1S/C21H27NO5/c1-22(16-17-10-4-2-5-11-17)21(25,26)18-12-7-8-13-19(18)27-15-9-3-6-14-20(23)24/h2,4-5,7-8,10-13,25-26H,3,6,9,14-16H2,1H3,(H,23,24). The Hall–Kier alpha value is -2.41. The summed E-state index contributed by atoms with van der Waals surface area (Å²) in [6.07, 6.45) is 2.19. The number of carboxylic acids is 1. The Labute approximate surface area is 159 Å². The number of unbranched alkanes of at least 4 members (excludes halogenated alkanes) is 2. The molecule has 146 valence electrons. The number of carbonyl (C=O) groups is 1. The van der Waals surface area contributed by atoms with Crippen LogP contribution in [0.25, 0.3) is 0 Å².